The van der Waals surface area contributed by atoms with Crippen LogP contribution in [0.15, 0.2) is 65.4 Å². The molecule has 0 fully saturated rings. The second kappa shape index (κ2) is 6.35. The van der Waals surface area contributed by atoms with Gasteiger partial charge in [0.1, 0.15) is 0 Å². The van der Waals surface area contributed by atoms with Crippen LogP contribution in [0.1, 0.15) is 27.4 Å². The first-order valence-electron chi connectivity index (χ1n) is 7.23. The van der Waals surface area contributed by atoms with Crippen LogP contribution in [0.2, 0.25) is 0 Å². The number of furan rings is 1. The van der Waals surface area contributed by atoms with Crippen LogP contribution in [-0.2, 0) is 13.1 Å². The molecule has 3 aromatic rings. The summed E-state index contributed by atoms with van der Waals surface area (Å²) in [5, 5.41) is 2.87. The predicted octanol–water partition coefficient (Wildman–Crippen LogP) is 3.37. The van der Waals surface area contributed by atoms with E-state index in [-0.39, 0.29) is 5.91 Å². The second-order valence-electron chi connectivity index (χ2n) is 5.27. The molecule has 4 nitrogen and oxygen atoms in total. The third kappa shape index (κ3) is 3.28. The van der Waals surface area contributed by atoms with Crippen molar-refractivity contribution in [2.45, 2.75) is 20.0 Å². The van der Waals surface area contributed by atoms with E-state index >= 15 is 0 Å². The summed E-state index contributed by atoms with van der Waals surface area (Å²) in [4.78, 5) is 11.9. The Balaban J connectivity index is 1.64. The minimum atomic E-state index is -0.201. The van der Waals surface area contributed by atoms with E-state index < -0.39 is 0 Å². The van der Waals surface area contributed by atoms with Gasteiger partial charge in [-0.2, -0.15) is 0 Å². The summed E-state index contributed by atoms with van der Waals surface area (Å²) in [6.45, 7) is 3.34. The van der Waals surface area contributed by atoms with Gasteiger partial charge in [0.05, 0.1) is 12.8 Å². The molecule has 112 valence electrons. The van der Waals surface area contributed by atoms with Crippen molar-refractivity contribution in [2.75, 3.05) is 0 Å². The zero-order valence-electron chi connectivity index (χ0n) is 12.5. The van der Waals surface area contributed by atoms with Crippen molar-refractivity contribution in [3.8, 4) is 0 Å². The summed E-state index contributed by atoms with van der Waals surface area (Å²) >= 11 is 0. The molecule has 0 aliphatic heterocycles. The highest BCUT2D eigenvalue weighted by molar-refractivity contribution is 5.91. The highest BCUT2D eigenvalue weighted by atomic mass is 16.3. The largest absolute Gasteiger partial charge is 0.459 e. The number of aryl methyl sites for hydroxylation is 1. The summed E-state index contributed by atoms with van der Waals surface area (Å²) in [6, 6.07) is 15.8. The Morgan fingerprint density at radius 1 is 1.14 bits per heavy atom. The smallest absolute Gasteiger partial charge is 0.287 e. The lowest BCUT2D eigenvalue weighted by atomic mass is 10.1. The third-order valence-corrected chi connectivity index (χ3v) is 3.57. The van der Waals surface area contributed by atoms with Crippen LogP contribution in [0.5, 0.6) is 0 Å². The van der Waals surface area contributed by atoms with Crippen LogP contribution in [-0.4, -0.2) is 10.5 Å². The van der Waals surface area contributed by atoms with Crippen molar-refractivity contribution in [1.29, 1.82) is 0 Å². The van der Waals surface area contributed by atoms with Gasteiger partial charge in [-0.15, -0.1) is 0 Å². The molecule has 2 heterocycles. The van der Waals surface area contributed by atoms with Gasteiger partial charge in [-0.25, -0.2) is 0 Å². The van der Waals surface area contributed by atoms with Crippen molar-refractivity contribution in [3.05, 3.63) is 83.6 Å². The number of nitrogens with zero attached hydrogens (tertiary/aromatic N) is 1. The van der Waals surface area contributed by atoms with Gasteiger partial charge >= 0.3 is 0 Å². The molecule has 1 N–H and O–H groups in total. The first-order chi connectivity index (χ1) is 10.7. The summed E-state index contributed by atoms with van der Waals surface area (Å²) in [6.07, 6.45) is 3.52. The average molecular weight is 294 g/mol. The van der Waals surface area contributed by atoms with Crippen LogP contribution in [0.4, 0.5) is 0 Å². The highest BCUT2D eigenvalue weighted by Gasteiger charge is 2.09. The molecule has 2 aromatic heterocycles. The Labute approximate surface area is 129 Å². The first-order valence-corrected chi connectivity index (χ1v) is 7.23. The molecule has 0 aliphatic carbocycles. The van der Waals surface area contributed by atoms with Crippen LogP contribution < -0.4 is 5.32 Å². The van der Waals surface area contributed by atoms with Crippen molar-refractivity contribution in [2.24, 2.45) is 0 Å². The molecule has 0 aliphatic rings. The Hall–Kier alpha value is -2.75. The monoisotopic (exact) mass is 294 g/mol. The van der Waals surface area contributed by atoms with Gasteiger partial charge in [-0.3, -0.25) is 4.79 Å². The van der Waals surface area contributed by atoms with E-state index in [0.717, 1.165) is 12.2 Å². The van der Waals surface area contributed by atoms with Gasteiger partial charge in [-0.05, 0) is 36.8 Å². The predicted molar refractivity (Wildman–Crippen MR) is 84.6 cm³/mol. The second-order valence-corrected chi connectivity index (χ2v) is 5.27. The molecular weight excluding hydrogens is 276 g/mol. The highest BCUT2D eigenvalue weighted by Crippen LogP contribution is 2.10. The van der Waals surface area contributed by atoms with E-state index in [2.05, 4.69) is 41.1 Å². The fraction of sp³-hybridized carbons (Fsp3) is 0.167. The minimum Gasteiger partial charge on any atom is -0.459 e. The number of benzene rings is 1. The normalized spacial score (nSPS) is 10.6. The van der Waals surface area contributed by atoms with E-state index in [0.29, 0.717) is 12.3 Å². The fourth-order valence-corrected chi connectivity index (χ4v) is 2.32. The van der Waals surface area contributed by atoms with Gasteiger partial charge in [-0.1, -0.05) is 29.8 Å². The van der Waals surface area contributed by atoms with Crippen molar-refractivity contribution < 1.29 is 9.21 Å². The molecule has 0 saturated heterocycles. The number of carbonyl (C=O) groups excluding carboxylic acids is 1. The minimum absolute atomic E-state index is 0.201. The lowest BCUT2D eigenvalue weighted by molar-refractivity contribution is 0.0922. The topological polar surface area (TPSA) is 47.2 Å². The zero-order chi connectivity index (χ0) is 15.4. The molecule has 0 radical (unpaired) electrons. The molecule has 0 spiro atoms. The molecule has 0 unspecified atom stereocenters. The number of carbonyl (C=O) groups is 1. The number of hydrogen-bond acceptors (Lipinski definition) is 2. The summed E-state index contributed by atoms with van der Waals surface area (Å²) in [5.41, 5.74) is 3.54. The van der Waals surface area contributed by atoms with Gasteiger partial charge in [0, 0.05) is 18.4 Å². The number of rotatable bonds is 5. The molecule has 1 aromatic carbocycles. The quantitative estimate of drug-likeness (QED) is 0.784. The molecule has 0 atom stereocenters. The lowest BCUT2D eigenvalue weighted by Gasteiger charge is -2.10. The lowest BCUT2D eigenvalue weighted by Crippen LogP contribution is -2.23. The van der Waals surface area contributed by atoms with Crippen LogP contribution in [0.3, 0.4) is 0 Å². The maximum atomic E-state index is 11.9. The maximum absolute atomic E-state index is 11.9. The molecule has 1 amide bonds. The van der Waals surface area contributed by atoms with Gasteiger partial charge < -0.3 is 14.3 Å². The summed E-state index contributed by atoms with van der Waals surface area (Å²) in [7, 11) is 0. The first kappa shape index (κ1) is 14.2. The fourth-order valence-electron chi connectivity index (χ4n) is 2.32. The van der Waals surface area contributed by atoms with Crippen molar-refractivity contribution in [3.63, 3.8) is 0 Å². The number of nitrogens with one attached hydrogen (secondary N) is 1. The van der Waals surface area contributed by atoms with Crippen LogP contribution >= 0.6 is 0 Å². The Bertz CT molecular complexity index is 740. The molecule has 4 heteroatoms. The van der Waals surface area contributed by atoms with Crippen LogP contribution in [0, 0.1) is 6.92 Å². The third-order valence-electron chi connectivity index (χ3n) is 3.57. The zero-order valence-corrected chi connectivity index (χ0v) is 12.5. The molecule has 22 heavy (non-hydrogen) atoms. The maximum Gasteiger partial charge on any atom is 0.287 e. The van der Waals surface area contributed by atoms with Gasteiger partial charge in [0.25, 0.3) is 5.91 Å². The van der Waals surface area contributed by atoms with Crippen molar-refractivity contribution in [1.82, 2.24) is 9.88 Å². The number of hydrogen-bond donors (Lipinski definition) is 1. The average Bonchev–Trinajstić information content (AvgIpc) is 3.19. The number of amides is 1. The van der Waals surface area contributed by atoms with E-state index in [4.69, 9.17) is 4.42 Å². The Morgan fingerprint density at radius 2 is 1.95 bits per heavy atom. The van der Waals surface area contributed by atoms with Crippen molar-refractivity contribution >= 4 is 5.91 Å². The van der Waals surface area contributed by atoms with E-state index in [1.165, 1.54) is 17.4 Å². The van der Waals surface area contributed by atoms with E-state index in [1.54, 1.807) is 12.1 Å². The molecular formula is C18H18N2O2. The summed E-state index contributed by atoms with van der Waals surface area (Å²) in [5.74, 6) is 0.129. The Kier molecular flexibility index (Phi) is 4.10. The van der Waals surface area contributed by atoms with Gasteiger partial charge in [0.2, 0.25) is 0 Å². The van der Waals surface area contributed by atoms with E-state index in [1.807, 2.05) is 18.3 Å². The SMILES string of the molecule is Cc1ccc(Cn2cccc2CNC(=O)c2ccco2)cc1. The Morgan fingerprint density at radius 3 is 2.68 bits per heavy atom. The summed E-state index contributed by atoms with van der Waals surface area (Å²) < 4.78 is 7.22. The number of aromatic nitrogens is 1. The molecule has 0 bridgehead atoms. The molecule has 0 saturated carbocycles. The van der Waals surface area contributed by atoms with Crippen LogP contribution in [0.25, 0.3) is 0 Å². The van der Waals surface area contributed by atoms with Gasteiger partial charge in [0.15, 0.2) is 5.76 Å². The standard InChI is InChI=1S/C18H18N2O2/c1-14-6-8-15(9-7-14)13-20-10-2-4-16(20)12-19-18(21)17-5-3-11-22-17/h2-11H,12-13H2,1H3,(H,19,21). The van der Waals surface area contributed by atoms with E-state index in [9.17, 15) is 4.79 Å². The molecule has 3 rings (SSSR count).